The molecule has 21 heavy (non-hydrogen) atoms. The van der Waals surface area contributed by atoms with Crippen LogP contribution in [0.5, 0.6) is 5.75 Å². The van der Waals surface area contributed by atoms with Gasteiger partial charge in [-0.2, -0.15) is 0 Å². The smallest absolute Gasteiger partial charge is 0.411 e. The van der Waals surface area contributed by atoms with Gasteiger partial charge in [0.1, 0.15) is 11.4 Å². The lowest BCUT2D eigenvalue weighted by Crippen LogP contribution is -2.40. The molecule has 1 unspecified atom stereocenters. The third-order valence-electron chi connectivity index (χ3n) is 2.68. The van der Waals surface area contributed by atoms with E-state index >= 15 is 0 Å². The number of carbonyl (C=O) groups is 2. The topological polar surface area (TPSA) is 76.1 Å². The number of rotatable bonds is 3. The Hall–Kier alpha value is -2.24. The minimum Gasteiger partial charge on any atom is -0.508 e. The first kappa shape index (κ1) is 16.8. The van der Waals surface area contributed by atoms with Crippen LogP contribution in [0.1, 0.15) is 32.4 Å². The van der Waals surface area contributed by atoms with Crippen LogP contribution in [0.3, 0.4) is 0 Å². The lowest BCUT2D eigenvalue weighted by molar-refractivity contribution is -0.146. The molecular weight excluding hydrogens is 274 g/mol. The number of aromatic hydroxyl groups is 1. The van der Waals surface area contributed by atoms with Gasteiger partial charge in [0, 0.05) is 7.05 Å². The van der Waals surface area contributed by atoms with Crippen molar-refractivity contribution in [1.29, 1.82) is 0 Å². The van der Waals surface area contributed by atoms with Gasteiger partial charge in [0.2, 0.25) is 0 Å². The molecule has 6 heteroatoms. The summed E-state index contributed by atoms with van der Waals surface area (Å²) in [5.41, 5.74) is -0.236. The summed E-state index contributed by atoms with van der Waals surface area (Å²) < 4.78 is 9.98. The minimum atomic E-state index is -0.989. The van der Waals surface area contributed by atoms with E-state index < -0.39 is 23.7 Å². The van der Waals surface area contributed by atoms with Gasteiger partial charge in [0.15, 0.2) is 6.04 Å². The SMILES string of the molecule is COC(=O)C(c1cccc(O)c1)N(C)C(=O)OC(C)(C)C. The van der Waals surface area contributed by atoms with Crippen LogP contribution in [0, 0.1) is 0 Å². The van der Waals surface area contributed by atoms with Gasteiger partial charge < -0.3 is 14.6 Å². The number of esters is 1. The van der Waals surface area contributed by atoms with Crippen molar-refractivity contribution >= 4 is 12.1 Å². The molecule has 0 spiro atoms. The molecule has 0 radical (unpaired) electrons. The van der Waals surface area contributed by atoms with Gasteiger partial charge in [-0.15, -0.1) is 0 Å². The predicted molar refractivity (Wildman–Crippen MR) is 76.9 cm³/mol. The number of methoxy groups -OCH3 is 1. The van der Waals surface area contributed by atoms with E-state index in [-0.39, 0.29) is 5.75 Å². The van der Waals surface area contributed by atoms with Crippen LogP contribution in [0.4, 0.5) is 4.79 Å². The van der Waals surface area contributed by atoms with E-state index in [2.05, 4.69) is 0 Å². The summed E-state index contributed by atoms with van der Waals surface area (Å²) in [5.74, 6) is -0.618. The number of amides is 1. The number of likely N-dealkylation sites (N-methyl/N-ethyl adjacent to an activating group) is 1. The Labute approximate surface area is 124 Å². The second-order valence-corrected chi connectivity index (χ2v) is 5.61. The van der Waals surface area contributed by atoms with Crippen molar-refractivity contribution in [2.24, 2.45) is 0 Å². The summed E-state index contributed by atoms with van der Waals surface area (Å²) in [5, 5.41) is 9.54. The molecule has 0 saturated heterocycles. The molecule has 0 aliphatic carbocycles. The van der Waals surface area contributed by atoms with Crippen molar-refractivity contribution in [3.8, 4) is 5.75 Å². The van der Waals surface area contributed by atoms with E-state index in [0.29, 0.717) is 5.56 Å². The summed E-state index contributed by atoms with van der Waals surface area (Å²) in [7, 11) is 2.68. The Morgan fingerprint density at radius 1 is 1.29 bits per heavy atom. The second-order valence-electron chi connectivity index (χ2n) is 5.61. The first-order valence-electron chi connectivity index (χ1n) is 6.48. The lowest BCUT2D eigenvalue weighted by Gasteiger charge is -2.29. The average molecular weight is 295 g/mol. The van der Waals surface area contributed by atoms with Gasteiger partial charge >= 0.3 is 12.1 Å². The van der Waals surface area contributed by atoms with Crippen molar-refractivity contribution in [2.45, 2.75) is 32.4 Å². The number of carbonyl (C=O) groups excluding carboxylic acids is 2. The van der Waals surface area contributed by atoms with Crippen LogP contribution < -0.4 is 0 Å². The summed E-state index contributed by atoms with van der Waals surface area (Å²) in [6, 6.07) is 5.11. The van der Waals surface area contributed by atoms with E-state index in [1.165, 1.54) is 26.3 Å². The molecule has 1 N–H and O–H groups in total. The van der Waals surface area contributed by atoms with Crippen molar-refractivity contribution in [3.05, 3.63) is 29.8 Å². The van der Waals surface area contributed by atoms with Gasteiger partial charge in [-0.05, 0) is 38.5 Å². The number of hydrogen-bond acceptors (Lipinski definition) is 5. The van der Waals surface area contributed by atoms with Crippen molar-refractivity contribution in [2.75, 3.05) is 14.2 Å². The van der Waals surface area contributed by atoms with Crippen molar-refractivity contribution < 1.29 is 24.2 Å². The number of phenols is 1. The molecule has 6 nitrogen and oxygen atoms in total. The van der Waals surface area contributed by atoms with Crippen LogP contribution in [0.2, 0.25) is 0 Å². The largest absolute Gasteiger partial charge is 0.508 e. The number of ether oxygens (including phenoxy) is 2. The third-order valence-corrected chi connectivity index (χ3v) is 2.68. The highest BCUT2D eigenvalue weighted by molar-refractivity contribution is 5.82. The molecule has 0 aliphatic rings. The van der Waals surface area contributed by atoms with Crippen LogP contribution in [-0.2, 0) is 14.3 Å². The highest BCUT2D eigenvalue weighted by Gasteiger charge is 2.32. The summed E-state index contributed by atoms with van der Waals surface area (Å²) in [4.78, 5) is 25.2. The molecule has 0 aliphatic heterocycles. The normalized spacial score (nSPS) is 12.4. The van der Waals surface area contributed by atoms with E-state index in [1.54, 1.807) is 32.9 Å². The predicted octanol–water partition coefficient (Wildman–Crippen LogP) is 2.47. The molecule has 1 amide bonds. The second kappa shape index (κ2) is 6.47. The van der Waals surface area contributed by atoms with E-state index in [4.69, 9.17) is 9.47 Å². The Morgan fingerprint density at radius 3 is 2.38 bits per heavy atom. The first-order valence-corrected chi connectivity index (χ1v) is 6.48. The molecule has 0 fully saturated rings. The van der Waals surface area contributed by atoms with E-state index in [9.17, 15) is 14.7 Å². The number of benzene rings is 1. The Morgan fingerprint density at radius 2 is 1.90 bits per heavy atom. The molecule has 0 heterocycles. The lowest BCUT2D eigenvalue weighted by atomic mass is 10.1. The van der Waals surface area contributed by atoms with E-state index in [1.807, 2.05) is 0 Å². The quantitative estimate of drug-likeness (QED) is 0.867. The van der Waals surface area contributed by atoms with Crippen molar-refractivity contribution in [3.63, 3.8) is 0 Å². The Balaban J connectivity index is 3.08. The first-order chi connectivity index (χ1) is 9.65. The third kappa shape index (κ3) is 4.66. The fourth-order valence-electron chi connectivity index (χ4n) is 1.76. The molecule has 0 bridgehead atoms. The summed E-state index contributed by atoms with van der Waals surface area (Å²) in [6.45, 7) is 5.21. The van der Waals surface area contributed by atoms with E-state index in [0.717, 1.165) is 4.90 Å². The number of hydrogen-bond donors (Lipinski definition) is 1. The monoisotopic (exact) mass is 295 g/mol. The van der Waals surface area contributed by atoms with Gasteiger partial charge in [0.05, 0.1) is 7.11 Å². The maximum atomic E-state index is 12.1. The van der Waals surface area contributed by atoms with Crippen LogP contribution >= 0.6 is 0 Å². The van der Waals surface area contributed by atoms with Crippen LogP contribution in [0.15, 0.2) is 24.3 Å². The standard InChI is InChI=1S/C15H21NO5/c1-15(2,3)21-14(19)16(4)12(13(18)20-5)10-7-6-8-11(17)9-10/h6-9,12,17H,1-5H3. The molecule has 0 saturated carbocycles. The number of phenolic OH excluding ortho intramolecular Hbond substituents is 1. The zero-order valence-electron chi connectivity index (χ0n) is 12.9. The highest BCUT2D eigenvalue weighted by Crippen LogP contribution is 2.25. The minimum absolute atomic E-state index is 0.000934. The molecule has 116 valence electrons. The van der Waals surface area contributed by atoms with Crippen LogP contribution in [0.25, 0.3) is 0 Å². The number of nitrogens with zero attached hydrogens (tertiary/aromatic N) is 1. The summed E-state index contributed by atoms with van der Waals surface area (Å²) in [6.07, 6.45) is -0.652. The molecule has 1 aromatic rings. The fraction of sp³-hybridized carbons (Fsp3) is 0.467. The van der Waals surface area contributed by atoms with Gasteiger partial charge in [0.25, 0.3) is 0 Å². The maximum absolute atomic E-state index is 12.1. The molecule has 1 aromatic carbocycles. The molecule has 1 atom stereocenters. The fourth-order valence-corrected chi connectivity index (χ4v) is 1.76. The Bertz CT molecular complexity index is 521. The summed E-state index contributed by atoms with van der Waals surface area (Å²) >= 11 is 0. The maximum Gasteiger partial charge on any atom is 0.411 e. The zero-order chi connectivity index (χ0) is 16.2. The van der Waals surface area contributed by atoms with Crippen LogP contribution in [-0.4, -0.2) is 41.8 Å². The Kier molecular flexibility index (Phi) is 5.18. The molecular formula is C15H21NO5. The molecule has 1 rings (SSSR count). The highest BCUT2D eigenvalue weighted by atomic mass is 16.6. The molecule has 0 aromatic heterocycles. The van der Waals surface area contributed by atoms with Gasteiger partial charge in [-0.1, -0.05) is 12.1 Å². The van der Waals surface area contributed by atoms with Gasteiger partial charge in [-0.3, -0.25) is 4.90 Å². The van der Waals surface area contributed by atoms with Crippen molar-refractivity contribution in [1.82, 2.24) is 4.90 Å². The average Bonchev–Trinajstić information content (AvgIpc) is 2.36. The van der Waals surface area contributed by atoms with Gasteiger partial charge in [-0.25, -0.2) is 9.59 Å². The zero-order valence-corrected chi connectivity index (χ0v) is 12.9.